The third kappa shape index (κ3) is 4.74. The smallest absolute Gasteiger partial charge is 0.225 e. The molecule has 1 aromatic carbocycles. The van der Waals surface area contributed by atoms with Gasteiger partial charge in [0.05, 0.1) is 5.69 Å². The van der Waals surface area contributed by atoms with E-state index in [1.54, 1.807) is 0 Å². The van der Waals surface area contributed by atoms with E-state index in [0.29, 0.717) is 12.0 Å². The molecule has 6 heteroatoms. The van der Waals surface area contributed by atoms with E-state index in [9.17, 15) is 9.59 Å². The zero-order valence-electron chi connectivity index (χ0n) is 17.6. The van der Waals surface area contributed by atoms with E-state index < -0.39 is 11.2 Å². The van der Waals surface area contributed by atoms with Gasteiger partial charge in [-0.2, -0.15) is 5.11 Å². The lowest BCUT2D eigenvalue weighted by atomic mass is 9.70. The number of allylic oxidation sites excluding steroid dienone is 2. The Labute approximate surface area is 167 Å². The van der Waals surface area contributed by atoms with Gasteiger partial charge in [-0.05, 0) is 43.2 Å². The van der Waals surface area contributed by atoms with Crippen LogP contribution in [0.3, 0.4) is 0 Å². The maximum Gasteiger partial charge on any atom is 0.225 e. The highest BCUT2D eigenvalue weighted by atomic mass is 16.2. The quantitative estimate of drug-likeness (QED) is 0.400. The van der Waals surface area contributed by atoms with Crippen molar-refractivity contribution in [2.45, 2.75) is 46.6 Å². The van der Waals surface area contributed by atoms with Crippen LogP contribution in [0.5, 0.6) is 0 Å². The van der Waals surface area contributed by atoms with Crippen molar-refractivity contribution in [3.63, 3.8) is 0 Å². The van der Waals surface area contributed by atoms with E-state index in [4.69, 9.17) is 0 Å². The van der Waals surface area contributed by atoms with Gasteiger partial charge in [0.2, 0.25) is 11.6 Å². The second-order valence-electron chi connectivity index (χ2n) is 7.85. The second-order valence-corrected chi connectivity index (χ2v) is 7.85. The first-order chi connectivity index (χ1) is 13.2. The molecule has 1 atom stereocenters. The summed E-state index contributed by atoms with van der Waals surface area (Å²) < 4.78 is 0. The van der Waals surface area contributed by atoms with Gasteiger partial charge in [0.1, 0.15) is 6.04 Å². The average molecular weight is 383 g/mol. The molecule has 0 heterocycles. The van der Waals surface area contributed by atoms with Crippen LogP contribution in [0.15, 0.2) is 57.9 Å². The van der Waals surface area contributed by atoms with Crippen LogP contribution in [0, 0.1) is 5.41 Å². The average Bonchev–Trinajstić information content (AvgIpc) is 2.63. The fourth-order valence-corrected chi connectivity index (χ4v) is 3.33. The molecular weight excluding hydrogens is 352 g/mol. The van der Waals surface area contributed by atoms with Gasteiger partial charge in [-0.3, -0.25) is 15.0 Å². The predicted molar refractivity (Wildman–Crippen MR) is 114 cm³/mol. The summed E-state index contributed by atoms with van der Waals surface area (Å²) in [4.78, 5) is 26.9. The van der Waals surface area contributed by atoms with Crippen LogP contribution in [-0.4, -0.2) is 31.7 Å². The fraction of sp³-hybridized carbons (Fsp3) is 0.455. The number of nitrogens with zero attached hydrogens (tertiary/aromatic N) is 3. The lowest BCUT2D eigenvalue weighted by molar-refractivity contribution is -0.135. The molecule has 0 fully saturated rings. The monoisotopic (exact) mass is 382 g/mol. The van der Waals surface area contributed by atoms with Crippen molar-refractivity contribution in [2.75, 3.05) is 24.4 Å². The highest BCUT2D eigenvalue weighted by Crippen LogP contribution is 2.39. The van der Waals surface area contributed by atoms with Crippen molar-refractivity contribution >= 4 is 22.9 Å². The van der Waals surface area contributed by atoms with Crippen LogP contribution in [0.2, 0.25) is 0 Å². The molecule has 0 bridgehead atoms. The minimum absolute atomic E-state index is 0.270. The molecule has 6 nitrogen and oxygen atoms in total. The van der Waals surface area contributed by atoms with E-state index in [2.05, 4.69) is 15.8 Å². The number of rotatable bonds is 8. The molecule has 150 valence electrons. The molecule has 2 rings (SSSR count). The number of benzene rings is 1. The van der Waals surface area contributed by atoms with Crippen LogP contribution in [0.25, 0.3) is 0 Å². The summed E-state index contributed by atoms with van der Waals surface area (Å²) in [5.41, 5.74) is 5.60. The molecule has 1 aliphatic rings. The van der Waals surface area contributed by atoms with Crippen molar-refractivity contribution in [3.8, 4) is 0 Å². The lowest BCUT2D eigenvalue weighted by Crippen LogP contribution is -2.37. The van der Waals surface area contributed by atoms with Crippen molar-refractivity contribution in [1.82, 2.24) is 0 Å². The predicted octanol–water partition coefficient (Wildman–Crippen LogP) is 4.75. The number of hydrogen-bond donors (Lipinski definition) is 1. The van der Waals surface area contributed by atoms with Gasteiger partial charge in [-0.15, -0.1) is 0 Å². The van der Waals surface area contributed by atoms with E-state index >= 15 is 0 Å². The number of anilines is 2. The number of carbonyl (C=O) groups excluding carboxylic acids is 2. The molecule has 1 aliphatic carbocycles. The third-order valence-electron chi connectivity index (χ3n) is 5.01. The maximum atomic E-state index is 12.7. The van der Waals surface area contributed by atoms with E-state index in [0.717, 1.165) is 16.9 Å². The van der Waals surface area contributed by atoms with Crippen LogP contribution in [0.1, 0.15) is 40.5 Å². The Morgan fingerprint density at radius 1 is 1.18 bits per heavy atom. The minimum atomic E-state index is -0.612. The van der Waals surface area contributed by atoms with E-state index in [1.165, 1.54) is 0 Å². The Kier molecular flexibility index (Phi) is 6.89. The summed E-state index contributed by atoms with van der Waals surface area (Å²) in [6.07, 6.45) is 4.71. The van der Waals surface area contributed by atoms with Crippen LogP contribution >= 0.6 is 0 Å². The Hall–Kier alpha value is -2.76. The molecule has 1 unspecified atom stereocenters. The largest absolute Gasteiger partial charge is 0.378 e. The first kappa shape index (κ1) is 21.5. The molecule has 0 spiro atoms. The van der Waals surface area contributed by atoms with Gasteiger partial charge in [0.15, 0.2) is 0 Å². The molecule has 0 radical (unpaired) electrons. The number of Topliss-reactive ketones (excluding diaryl/α,β-unsaturated/α-hetero) is 2. The van der Waals surface area contributed by atoms with Gasteiger partial charge in [0, 0.05) is 37.2 Å². The standard InChI is InChI=1S/C22H30N4O2/c1-7-8-18(27)21(28)20-15(2)9-14-19(22(20,3)4)24-25-23-16-10-12-17(13-11-16)26(5)6/h9-14,19H,7-8H2,1-6H3,(H,23,24). The van der Waals surface area contributed by atoms with Crippen molar-refractivity contribution < 1.29 is 9.59 Å². The summed E-state index contributed by atoms with van der Waals surface area (Å²) >= 11 is 0. The Morgan fingerprint density at radius 3 is 2.39 bits per heavy atom. The third-order valence-corrected chi connectivity index (χ3v) is 5.01. The molecule has 0 saturated carbocycles. The highest BCUT2D eigenvalue weighted by Gasteiger charge is 2.40. The summed E-state index contributed by atoms with van der Waals surface area (Å²) in [7, 11) is 3.97. The molecule has 28 heavy (non-hydrogen) atoms. The fourth-order valence-electron chi connectivity index (χ4n) is 3.33. The van der Waals surface area contributed by atoms with Gasteiger partial charge < -0.3 is 4.90 Å². The molecular formula is C22H30N4O2. The number of carbonyl (C=O) groups is 2. The molecule has 0 aliphatic heterocycles. The number of nitrogens with one attached hydrogen (secondary N) is 1. The first-order valence-corrected chi connectivity index (χ1v) is 9.58. The molecule has 1 N–H and O–H groups in total. The van der Waals surface area contributed by atoms with Gasteiger partial charge in [-0.1, -0.05) is 38.1 Å². The molecule has 0 saturated heterocycles. The topological polar surface area (TPSA) is 74.1 Å². The van der Waals surface area contributed by atoms with Crippen molar-refractivity contribution in [1.29, 1.82) is 0 Å². The summed E-state index contributed by atoms with van der Waals surface area (Å²) in [5.74, 6) is -0.740. The van der Waals surface area contributed by atoms with Crippen molar-refractivity contribution in [2.24, 2.45) is 15.8 Å². The van der Waals surface area contributed by atoms with Gasteiger partial charge in [0.25, 0.3) is 0 Å². The molecule has 1 aromatic rings. The molecule has 0 amide bonds. The summed E-state index contributed by atoms with van der Waals surface area (Å²) in [6.45, 7) is 7.62. The van der Waals surface area contributed by atoms with E-state index in [1.807, 2.05) is 83.1 Å². The Balaban J connectivity index is 2.14. The first-order valence-electron chi connectivity index (χ1n) is 9.58. The Bertz CT molecular complexity index is 817. The SMILES string of the molecule is CCCC(=O)C(=O)C1=C(C)C=CC(N=NNc2ccc(N(C)C)cc2)C1(C)C. The lowest BCUT2D eigenvalue weighted by Gasteiger charge is -2.34. The van der Waals surface area contributed by atoms with Crippen LogP contribution < -0.4 is 10.3 Å². The zero-order valence-corrected chi connectivity index (χ0v) is 17.6. The highest BCUT2D eigenvalue weighted by molar-refractivity contribution is 6.44. The van der Waals surface area contributed by atoms with Crippen molar-refractivity contribution in [3.05, 3.63) is 47.6 Å². The normalized spacial score (nSPS) is 18.4. The second kappa shape index (κ2) is 8.95. The zero-order chi connectivity index (χ0) is 20.9. The minimum Gasteiger partial charge on any atom is -0.378 e. The number of hydrogen-bond acceptors (Lipinski definition) is 5. The summed E-state index contributed by atoms with van der Waals surface area (Å²) in [5, 5.41) is 8.51. The Morgan fingerprint density at radius 2 is 1.82 bits per heavy atom. The summed E-state index contributed by atoms with van der Waals surface area (Å²) in [6, 6.07) is 7.50. The van der Waals surface area contributed by atoms with E-state index in [-0.39, 0.29) is 18.2 Å². The molecule has 0 aromatic heterocycles. The maximum absolute atomic E-state index is 12.7. The van der Waals surface area contributed by atoms with Gasteiger partial charge >= 0.3 is 0 Å². The number of ketones is 2. The van der Waals surface area contributed by atoms with Gasteiger partial charge in [-0.25, -0.2) is 0 Å². The van der Waals surface area contributed by atoms with Crippen LogP contribution in [-0.2, 0) is 9.59 Å². The van der Waals surface area contributed by atoms with Crippen LogP contribution in [0.4, 0.5) is 11.4 Å².